The van der Waals surface area contributed by atoms with Gasteiger partial charge in [0.1, 0.15) is 11.6 Å². The van der Waals surface area contributed by atoms with E-state index in [1.54, 1.807) is 12.1 Å². The van der Waals surface area contributed by atoms with Crippen LogP contribution in [0, 0.1) is 11.8 Å². The molecule has 3 fully saturated rings. The van der Waals surface area contributed by atoms with E-state index < -0.39 is 34.6 Å². The van der Waals surface area contributed by atoms with Crippen molar-refractivity contribution in [3.8, 4) is 0 Å². The molecule has 3 heterocycles. The van der Waals surface area contributed by atoms with Crippen LogP contribution < -0.4 is 10.6 Å². The van der Waals surface area contributed by atoms with E-state index in [4.69, 9.17) is 4.74 Å². The summed E-state index contributed by atoms with van der Waals surface area (Å²) in [5.41, 5.74) is -1.75. The molecule has 1 aromatic rings. The Morgan fingerprint density at radius 2 is 1.87 bits per heavy atom. The monoisotopic (exact) mass is 429 g/mol. The van der Waals surface area contributed by atoms with Gasteiger partial charge in [0, 0.05) is 17.8 Å². The number of para-hydroxylation sites is 1. The number of hydrogen-bond acceptors (Lipinski definition) is 5. The molecule has 8 nitrogen and oxygen atoms in total. The summed E-state index contributed by atoms with van der Waals surface area (Å²) in [6, 6.07) is 8.21. The molecular formula is C23H31N3O5. The fourth-order valence-electron chi connectivity index (χ4n) is 5.65. The van der Waals surface area contributed by atoms with Crippen molar-refractivity contribution in [2.75, 3.05) is 18.5 Å². The Bertz CT molecular complexity index is 898. The summed E-state index contributed by atoms with van der Waals surface area (Å²) in [7, 11) is 0. The molecule has 4 rings (SSSR count). The highest BCUT2D eigenvalue weighted by molar-refractivity contribution is 6.02. The molecule has 2 unspecified atom stereocenters. The van der Waals surface area contributed by atoms with Crippen LogP contribution in [0.25, 0.3) is 0 Å². The number of nitrogens with zero attached hydrogens (tertiary/aromatic N) is 1. The fourth-order valence-corrected chi connectivity index (χ4v) is 5.65. The largest absolute Gasteiger partial charge is 0.395 e. The van der Waals surface area contributed by atoms with Crippen molar-refractivity contribution in [1.29, 1.82) is 0 Å². The van der Waals surface area contributed by atoms with Crippen LogP contribution >= 0.6 is 0 Å². The number of aliphatic hydroxyl groups is 1. The van der Waals surface area contributed by atoms with E-state index in [1.807, 2.05) is 45.9 Å². The van der Waals surface area contributed by atoms with E-state index in [9.17, 15) is 19.5 Å². The van der Waals surface area contributed by atoms with Gasteiger partial charge in [-0.25, -0.2) is 0 Å². The lowest BCUT2D eigenvalue weighted by Crippen LogP contribution is -2.58. The molecule has 5 atom stereocenters. The SMILES string of the molecule is CC(C)(C)NC(=O)C1N(CCO)C(=O)[C@@H]2[C@@H](C(=O)Nc3ccccc3)[C@@]3(C)CCC12O3. The number of fused-ring (bicyclic) bond motifs is 1. The van der Waals surface area contributed by atoms with Crippen molar-refractivity contribution in [2.24, 2.45) is 11.8 Å². The first kappa shape index (κ1) is 21.8. The molecular weight excluding hydrogens is 398 g/mol. The minimum Gasteiger partial charge on any atom is -0.395 e. The second kappa shape index (κ2) is 7.31. The van der Waals surface area contributed by atoms with Gasteiger partial charge in [-0.15, -0.1) is 0 Å². The zero-order chi connectivity index (χ0) is 22.6. The number of benzene rings is 1. The maximum atomic E-state index is 13.5. The van der Waals surface area contributed by atoms with Crippen LogP contribution in [-0.2, 0) is 19.1 Å². The summed E-state index contributed by atoms with van der Waals surface area (Å²) >= 11 is 0. The third-order valence-electron chi connectivity index (χ3n) is 6.69. The molecule has 3 aliphatic heterocycles. The number of β-amino-alcohol motifs (C(OH)–C–C–N with tert-alkyl or cyclic N) is 1. The first-order chi connectivity index (χ1) is 14.5. The second-order valence-corrected chi connectivity index (χ2v) is 10.1. The fraction of sp³-hybridized carbons (Fsp3) is 0.609. The number of ether oxygens (including phenoxy) is 1. The number of anilines is 1. The first-order valence-electron chi connectivity index (χ1n) is 10.8. The van der Waals surface area contributed by atoms with Gasteiger partial charge in [-0.1, -0.05) is 18.2 Å². The molecule has 31 heavy (non-hydrogen) atoms. The molecule has 0 aliphatic carbocycles. The maximum Gasteiger partial charge on any atom is 0.246 e. The number of amides is 3. The molecule has 0 aromatic heterocycles. The van der Waals surface area contributed by atoms with E-state index >= 15 is 0 Å². The van der Waals surface area contributed by atoms with Crippen LogP contribution in [-0.4, -0.2) is 63.7 Å². The molecule has 3 saturated heterocycles. The Morgan fingerprint density at radius 3 is 2.48 bits per heavy atom. The van der Waals surface area contributed by atoms with Crippen LogP contribution in [0.5, 0.6) is 0 Å². The van der Waals surface area contributed by atoms with Crippen molar-refractivity contribution in [1.82, 2.24) is 10.2 Å². The topological polar surface area (TPSA) is 108 Å². The zero-order valence-electron chi connectivity index (χ0n) is 18.5. The van der Waals surface area contributed by atoms with Gasteiger partial charge in [0.15, 0.2) is 0 Å². The summed E-state index contributed by atoms with van der Waals surface area (Å²) < 4.78 is 6.47. The van der Waals surface area contributed by atoms with Gasteiger partial charge in [-0.05, 0) is 52.7 Å². The van der Waals surface area contributed by atoms with Gasteiger partial charge in [-0.2, -0.15) is 0 Å². The number of hydrogen-bond donors (Lipinski definition) is 3. The molecule has 3 N–H and O–H groups in total. The molecule has 8 heteroatoms. The van der Waals surface area contributed by atoms with Crippen molar-refractivity contribution >= 4 is 23.4 Å². The number of carbonyl (C=O) groups excluding carboxylic acids is 3. The quantitative estimate of drug-likeness (QED) is 0.654. The van der Waals surface area contributed by atoms with Crippen molar-refractivity contribution in [3.05, 3.63) is 30.3 Å². The number of carbonyl (C=O) groups is 3. The predicted molar refractivity (Wildman–Crippen MR) is 114 cm³/mol. The molecule has 168 valence electrons. The van der Waals surface area contributed by atoms with Crippen LogP contribution in [0.15, 0.2) is 30.3 Å². The highest BCUT2D eigenvalue weighted by atomic mass is 16.5. The van der Waals surface area contributed by atoms with E-state index in [0.29, 0.717) is 18.5 Å². The zero-order valence-corrected chi connectivity index (χ0v) is 18.5. The molecule has 2 bridgehead atoms. The van der Waals surface area contributed by atoms with Crippen molar-refractivity contribution in [2.45, 2.75) is 63.3 Å². The molecule has 0 saturated carbocycles. The smallest absolute Gasteiger partial charge is 0.246 e. The summed E-state index contributed by atoms with van der Waals surface area (Å²) in [5, 5.41) is 15.5. The Balaban J connectivity index is 1.71. The Hall–Kier alpha value is -2.45. The predicted octanol–water partition coefficient (Wildman–Crippen LogP) is 1.30. The van der Waals surface area contributed by atoms with Crippen LogP contribution in [0.4, 0.5) is 5.69 Å². The number of rotatable bonds is 5. The lowest BCUT2D eigenvalue weighted by atomic mass is 9.66. The molecule has 3 amide bonds. The van der Waals surface area contributed by atoms with Gasteiger partial charge in [0.25, 0.3) is 0 Å². The normalized spacial score (nSPS) is 34.0. The lowest BCUT2D eigenvalue weighted by Gasteiger charge is -2.35. The van der Waals surface area contributed by atoms with E-state index in [0.717, 1.165) is 0 Å². The Kier molecular flexibility index (Phi) is 5.13. The van der Waals surface area contributed by atoms with Gasteiger partial charge in [-0.3, -0.25) is 14.4 Å². The van der Waals surface area contributed by atoms with Gasteiger partial charge >= 0.3 is 0 Å². The highest BCUT2D eigenvalue weighted by Gasteiger charge is 2.77. The number of aliphatic hydroxyl groups excluding tert-OH is 1. The van der Waals surface area contributed by atoms with E-state index in [-0.39, 0.29) is 30.9 Å². The highest BCUT2D eigenvalue weighted by Crippen LogP contribution is 2.63. The minimum atomic E-state index is -1.07. The number of nitrogens with one attached hydrogen (secondary N) is 2. The third-order valence-corrected chi connectivity index (χ3v) is 6.69. The minimum absolute atomic E-state index is 0.0202. The van der Waals surface area contributed by atoms with Crippen molar-refractivity contribution < 1.29 is 24.2 Å². The average molecular weight is 430 g/mol. The summed E-state index contributed by atoms with van der Waals surface area (Å²) in [6.07, 6.45) is 1.09. The third kappa shape index (κ3) is 3.42. The van der Waals surface area contributed by atoms with Gasteiger partial charge in [0.2, 0.25) is 17.7 Å². The Labute approximate surface area is 182 Å². The van der Waals surface area contributed by atoms with Crippen LogP contribution in [0.2, 0.25) is 0 Å². The average Bonchev–Trinajstić information content (AvgIpc) is 3.23. The summed E-state index contributed by atoms with van der Waals surface area (Å²) in [6.45, 7) is 7.23. The standard InChI is InChI=1S/C23H31N3O5/c1-21(2,3)25-19(29)17-23-11-10-22(4,31-23)15(16(23)20(30)26(17)12-13-27)18(28)24-14-8-6-5-7-9-14/h5-9,15-17,27H,10-13H2,1-4H3,(H,24,28)(H,25,29)/t15-,16-,17?,22+,23?/m0/s1. The van der Waals surface area contributed by atoms with Crippen LogP contribution in [0.1, 0.15) is 40.5 Å². The lowest BCUT2D eigenvalue weighted by molar-refractivity contribution is -0.146. The maximum absolute atomic E-state index is 13.5. The van der Waals surface area contributed by atoms with Crippen LogP contribution in [0.3, 0.4) is 0 Å². The summed E-state index contributed by atoms with van der Waals surface area (Å²) in [4.78, 5) is 41.6. The second-order valence-electron chi connectivity index (χ2n) is 10.1. The van der Waals surface area contributed by atoms with E-state index in [2.05, 4.69) is 10.6 Å². The molecule has 1 spiro atoms. The van der Waals surface area contributed by atoms with E-state index in [1.165, 1.54) is 4.90 Å². The Morgan fingerprint density at radius 1 is 1.19 bits per heavy atom. The first-order valence-corrected chi connectivity index (χ1v) is 10.8. The number of likely N-dealkylation sites (tertiary alicyclic amines) is 1. The van der Waals surface area contributed by atoms with Gasteiger partial charge < -0.3 is 25.4 Å². The van der Waals surface area contributed by atoms with Gasteiger partial charge in [0.05, 0.1) is 24.0 Å². The summed E-state index contributed by atoms with van der Waals surface area (Å²) in [5.74, 6) is -2.39. The van der Waals surface area contributed by atoms with Crippen molar-refractivity contribution in [3.63, 3.8) is 0 Å². The molecule has 0 radical (unpaired) electrons. The molecule has 1 aromatic carbocycles. The molecule has 3 aliphatic rings.